The molecule has 1 saturated heterocycles. The first-order chi connectivity index (χ1) is 19.3. The van der Waals surface area contributed by atoms with Crippen LogP contribution < -0.4 is 20.9 Å². The summed E-state index contributed by atoms with van der Waals surface area (Å²) in [6, 6.07) is -2.97. The zero-order valence-corrected chi connectivity index (χ0v) is 24.7. The Labute approximate surface area is 245 Å². The number of nitrogens with one attached hydrogen (secondary N) is 2. The minimum Gasteiger partial charge on any atom is -0.490 e. The lowest BCUT2D eigenvalue weighted by Crippen LogP contribution is -2.59. The van der Waals surface area contributed by atoms with E-state index in [9.17, 15) is 29.1 Å². The van der Waals surface area contributed by atoms with Crippen molar-refractivity contribution in [3.05, 3.63) is 45.8 Å². The maximum atomic E-state index is 14.0. The zero-order chi connectivity index (χ0) is 30.1. The second kappa shape index (κ2) is 11.7. The Morgan fingerprint density at radius 1 is 1.27 bits per heavy atom. The van der Waals surface area contributed by atoms with Crippen LogP contribution in [0.1, 0.15) is 46.1 Å². The van der Waals surface area contributed by atoms with E-state index in [1.807, 2.05) is 0 Å². The Morgan fingerprint density at radius 3 is 2.63 bits per heavy atom. The summed E-state index contributed by atoms with van der Waals surface area (Å²) in [6.45, 7) is 9.01. The van der Waals surface area contributed by atoms with Crippen molar-refractivity contribution in [2.24, 2.45) is 11.3 Å². The number of ether oxygens (including phenoxy) is 2. The van der Waals surface area contributed by atoms with E-state index in [4.69, 9.17) is 9.47 Å². The molecule has 0 aromatic carbocycles. The topological polar surface area (TPSA) is 169 Å². The van der Waals surface area contributed by atoms with Crippen LogP contribution in [0.4, 0.5) is 4.79 Å². The average molecular weight is 637 g/mol. The Kier molecular flexibility index (Phi) is 8.62. The van der Waals surface area contributed by atoms with Gasteiger partial charge in [-0.25, -0.2) is 14.3 Å². The van der Waals surface area contributed by atoms with Crippen molar-refractivity contribution in [1.29, 1.82) is 0 Å². The van der Waals surface area contributed by atoms with Gasteiger partial charge in [-0.1, -0.05) is 39.0 Å². The van der Waals surface area contributed by atoms with Gasteiger partial charge in [0, 0.05) is 18.9 Å². The maximum absolute atomic E-state index is 14.0. The minimum absolute atomic E-state index is 0.0171. The highest BCUT2D eigenvalue weighted by Gasteiger charge is 2.61. The van der Waals surface area contributed by atoms with Gasteiger partial charge in [-0.15, -0.1) is 6.58 Å². The van der Waals surface area contributed by atoms with E-state index >= 15 is 0 Å². The molecule has 5 rings (SSSR count). The lowest BCUT2D eigenvalue weighted by molar-refractivity contribution is -0.146. The Morgan fingerprint density at radius 2 is 2.00 bits per heavy atom. The molecule has 14 heteroatoms. The number of carbonyl (C=O) groups excluding carboxylic acids is 3. The van der Waals surface area contributed by atoms with Gasteiger partial charge in [0.2, 0.25) is 11.8 Å². The van der Waals surface area contributed by atoms with E-state index in [1.165, 1.54) is 21.9 Å². The number of aliphatic carboxylic acids is 1. The SMILES string of the molecule is C=C[C@H]1C[C@@]1(NC(=O)[C@@H]1C[C@@H]2CN1C(=O)[C@H](C(C)(C)C)NC(=O)OC/C=C/CCOc1cnn2c(=O)c1Br)C(=O)O. The average Bonchev–Trinajstić information content (AvgIpc) is 3.45. The number of alkyl carbamates (subject to hydrolysis) is 1. The van der Waals surface area contributed by atoms with Crippen molar-refractivity contribution >= 4 is 39.8 Å². The molecule has 41 heavy (non-hydrogen) atoms. The van der Waals surface area contributed by atoms with Gasteiger partial charge in [0.1, 0.15) is 28.7 Å². The van der Waals surface area contributed by atoms with Crippen LogP contribution in [0.3, 0.4) is 0 Å². The standard InChI is InChI=1S/C27H34BrN5O8/c1-5-15-12-27(15,24(37)38)31-21(34)17-11-16-14-32(17)23(36)20(26(2,3)4)30-25(39)41-10-8-6-7-9-40-18-13-29-33(16)22(35)19(18)28/h5-6,8,13,15-17,20H,1,7,9-12,14H2,2-4H3,(H,30,39)(H,31,34)(H,37,38)/b8-6+/t15-,16+,17-,20+,27-/m0/s1. The number of rotatable bonds is 4. The van der Waals surface area contributed by atoms with Gasteiger partial charge in [0.15, 0.2) is 5.75 Å². The van der Waals surface area contributed by atoms with Crippen LogP contribution in [0.15, 0.2) is 40.3 Å². The lowest BCUT2D eigenvalue weighted by Gasteiger charge is -2.35. The molecule has 2 fully saturated rings. The fraction of sp³-hybridized carbons (Fsp3) is 0.556. The summed E-state index contributed by atoms with van der Waals surface area (Å²) in [5, 5.41) is 19.3. The first kappa shape index (κ1) is 30.3. The van der Waals surface area contributed by atoms with Gasteiger partial charge in [-0.3, -0.25) is 14.4 Å². The molecule has 222 valence electrons. The molecule has 13 nitrogen and oxygen atoms in total. The summed E-state index contributed by atoms with van der Waals surface area (Å²) in [7, 11) is 0. The molecule has 0 unspecified atom stereocenters. The van der Waals surface area contributed by atoms with Gasteiger partial charge in [-0.2, -0.15) is 5.10 Å². The molecule has 4 heterocycles. The van der Waals surface area contributed by atoms with E-state index in [-0.39, 0.29) is 42.8 Å². The number of carboxylic acid groups (broad SMARTS) is 1. The van der Waals surface area contributed by atoms with Crippen molar-refractivity contribution < 1.29 is 33.8 Å². The maximum Gasteiger partial charge on any atom is 0.408 e. The van der Waals surface area contributed by atoms with Crippen LogP contribution in [-0.4, -0.2) is 81.0 Å². The van der Waals surface area contributed by atoms with E-state index in [2.05, 4.69) is 38.2 Å². The van der Waals surface area contributed by atoms with Crippen LogP contribution in [0.5, 0.6) is 5.75 Å². The highest BCUT2D eigenvalue weighted by Crippen LogP contribution is 2.45. The van der Waals surface area contributed by atoms with Crippen molar-refractivity contribution in [3.8, 4) is 5.75 Å². The highest BCUT2D eigenvalue weighted by atomic mass is 79.9. The quantitative estimate of drug-likeness (QED) is 0.417. The summed E-state index contributed by atoms with van der Waals surface area (Å²) in [6.07, 6.45) is 6.05. The molecular weight excluding hydrogens is 602 g/mol. The van der Waals surface area contributed by atoms with Crippen molar-refractivity contribution in [2.45, 2.75) is 63.7 Å². The summed E-state index contributed by atoms with van der Waals surface area (Å²) in [5.41, 5.74) is -2.83. The number of carbonyl (C=O) groups is 4. The van der Waals surface area contributed by atoms with E-state index in [0.29, 0.717) is 6.42 Å². The summed E-state index contributed by atoms with van der Waals surface area (Å²) < 4.78 is 12.2. The Balaban J connectivity index is 1.74. The van der Waals surface area contributed by atoms with E-state index in [1.54, 1.807) is 32.9 Å². The number of carboxylic acids is 1. The second-order valence-electron chi connectivity index (χ2n) is 11.4. The summed E-state index contributed by atoms with van der Waals surface area (Å²) >= 11 is 3.29. The number of hydrogen-bond acceptors (Lipinski definition) is 8. The molecule has 3 aliphatic heterocycles. The van der Waals surface area contributed by atoms with Gasteiger partial charge >= 0.3 is 12.1 Å². The monoisotopic (exact) mass is 635 g/mol. The number of amides is 3. The molecule has 0 radical (unpaired) electrons. The Hall–Kier alpha value is -3.68. The largest absolute Gasteiger partial charge is 0.490 e. The predicted molar refractivity (Wildman–Crippen MR) is 149 cm³/mol. The molecule has 4 aliphatic rings. The number of fused-ring (bicyclic) bond motifs is 11. The van der Waals surface area contributed by atoms with Crippen molar-refractivity contribution in [3.63, 3.8) is 0 Å². The smallest absolute Gasteiger partial charge is 0.408 e. The predicted octanol–water partition coefficient (Wildman–Crippen LogP) is 1.77. The molecule has 1 aliphatic carbocycles. The molecule has 1 aromatic rings. The van der Waals surface area contributed by atoms with Gasteiger partial charge in [-0.05, 0) is 34.2 Å². The third kappa shape index (κ3) is 6.16. The third-order valence-corrected chi connectivity index (χ3v) is 8.27. The molecule has 1 aromatic heterocycles. The molecule has 4 bridgehead atoms. The summed E-state index contributed by atoms with van der Waals surface area (Å²) in [4.78, 5) is 66.9. The Bertz CT molecular complexity index is 1340. The number of hydrogen-bond donors (Lipinski definition) is 3. The van der Waals surface area contributed by atoms with E-state index in [0.717, 1.165) is 0 Å². The second-order valence-corrected chi connectivity index (χ2v) is 12.2. The lowest BCUT2D eigenvalue weighted by atomic mass is 9.85. The molecule has 3 N–H and O–H groups in total. The van der Waals surface area contributed by atoms with Gasteiger partial charge < -0.3 is 30.1 Å². The normalized spacial score (nSPS) is 29.3. The van der Waals surface area contributed by atoms with Crippen LogP contribution in [0.2, 0.25) is 0 Å². The number of aromatic nitrogens is 2. The number of halogens is 1. The first-order valence-corrected chi connectivity index (χ1v) is 14.1. The summed E-state index contributed by atoms with van der Waals surface area (Å²) in [5.74, 6) is -2.71. The van der Waals surface area contributed by atoms with Crippen LogP contribution in [0.25, 0.3) is 0 Å². The first-order valence-electron chi connectivity index (χ1n) is 13.3. The van der Waals surface area contributed by atoms with Crippen LogP contribution >= 0.6 is 15.9 Å². The zero-order valence-electron chi connectivity index (χ0n) is 23.1. The molecule has 5 atom stereocenters. The van der Waals surface area contributed by atoms with Crippen molar-refractivity contribution in [2.75, 3.05) is 19.8 Å². The van der Waals surface area contributed by atoms with Crippen molar-refractivity contribution in [1.82, 2.24) is 25.3 Å². The molecule has 0 spiro atoms. The molecular formula is C27H34BrN5O8. The van der Waals surface area contributed by atoms with Gasteiger partial charge in [0.25, 0.3) is 5.56 Å². The molecule has 1 saturated carbocycles. The van der Waals surface area contributed by atoms with Gasteiger partial charge in [0.05, 0.1) is 18.8 Å². The molecule has 3 amide bonds. The fourth-order valence-corrected chi connectivity index (χ4v) is 5.51. The van der Waals surface area contributed by atoms with Crippen LogP contribution in [0, 0.1) is 11.3 Å². The van der Waals surface area contributed by atoms with E-state index < -0.39 is 64.4 Å². The third-order valence-electron chi connectivity index (χ3n) is 7.54. The van der Waals surface area contributed by atoms with Crippen LogP contribution in [-0.2, 0) is 19.1 Å². The minimum atomic E-state index is -1.52. The number of nitrogens with zero attached hydrogens (tertiary/aromatic N) is 3. The fourth-order valence-electron chi connectivity index (χ4n) is 5.11. The highest BCUT2D eigenvalue weighted by molar-refractivity contribution is 9.10.